The number of sulfonamides is 1. The molecule has 1 saturated heterocycles. The van der Waals surface area contributed by atoms with E-state index in [1.165, 1.54) is 19.4 Å². The summed E-state index contributed by atoms with van der Waals surface area (Å²) in [5.74, 6) is -0.597. The van der Waals surface area contributed by atoms with E-state index in [4.69, 9.17) is 4.74 Å². The van der Waals surface area contributed by atoms with Gasteiger partial charge in [0.1, 0.15) is 0 Å². The average Bonchev–Trinajstić information content (AvgIpc) is 2.59. The number of carbonyl (C=O) groups is 1. The molecule has 2 unspecified atom stereocenters. The first-order valence-corrected chi connectivity index (χ1v) is 9.62. The maximum atomic E-state index is 12.9. The molecule has 0 radical (unpaired) electrons. The molecule has 8 heteroatoms. The van der Waals surface area contributed by atoms with Gasteiger partial charge in [0.05, 0.1) is 12.0 Å². The molecule has 7 nitrogen and oxygen atoms in total. The molecule has 1 aromatic carbocycles. The minimum atomic E-state index is -3.72. The van der Waals surface area contributed by atoms with Crippen LogP contribution in [0.1, 0.15) is 30.3 Å². The summed E-state index contributed by atoms with van der Waals surface area (Å²) >= 11 is 0. The molecule has 2 N–H and O–H groups in total. The number of nitrogens with zero attached hydrogens (tertiary/aromatic N) is 1. The minimum Gasteiger partial charge on any atom is -0.464 e. The number of hydrogen-bond acceptors (Lipinski definition) is 6. The zero-order valence-corrected chi connectivity index (χ0v) is 15.0. The predicted octanol–water partition coefficient (Wildman–Crippen LogP) is 1.44. The fourth-order valence-electron chi connectivity index (χ4n) is 3.19. The third kappa shape index (κ3) is 3.65. The van der Waals surface area contributed by atoms with Gasteiger partial charge >= 0.3 is 5.97 Å². The molecule has 0 aliphatic carbocycles. The van der Waals surface area contributed by atoms with Crippen LogP contribution < -0.4 is 10.0 Å². The Kier molecular flexibility index (Phi) is 5.03. The molecule has 1 aliphatic heterocycles. The standard InChI is InChI=1S/C17H21N3O4S/c1-11-10-12(6-8-18-11)20-25(22,23)15-5-3-4-14-13(15)7-9-19-16(14)17(21)24-2/h3-5,7,9,11-12,18,20H,6,8,10H2,1-2H3. The lowest BCUT2D eigenvalue weighted by molar-refractivity contribution is 0.0596. The second-order valence-corrected chi connectivity index (χ2v) is 7.88. The van der Waals surface area contributed by atoms with E-state index in [0.29, 0.717) is 10.8 Å². The van der Waals surface area contributed by atoms with Crippen molar-refractivity contribution in [3.8, 4) is 0 Å². The number of piperidine rings is 1. The lowest BCUT2D eigenvalue weighted by atomic mass is 10.0. The van der Waals surface area contributed by atoms with Crippen LogP contribution in [0.3, 0.4) is 0 Å². The second-order valence-electron chi connectivity index (χ2n) is 6.20. The number of esters is 1. The van der Waals surface area contributed by atoms with Crippen LogP contribution in [-0.4, -0.2) is 45.1 Å². The van der Waals surface area contributed by atoms with Gasteiger partial charge in [-0.25, -0.2) is 22.9 Å². The first-order valence-electron chi connectivity index (χ1n) is 8.14. The molecular formula is C17H21N3O4S. The van der Waals surface area contributed by atoms with Crippen molar-refractivity contribution in [3.05, 3.63) is 36.2 Å². The molecule has 0 spiro atoms. The number of carbonyl (C=O) groups excluding carboxylic acids is 1. The zero-order chi connectivity index (χ0) is 18.0. The molecule has 2 atom stereocenters. The molecule has 134 valence electrons. The van der Waals surface area contributed by atoms with Crippen LogP contribution in [0.2, 0.25) is 0 Å². The van der Waals surface area contributed by atoms with Crippen LogP contribution >= 0.6 is 0 Å². The highest BCUT2D eigenvalue weighted by Crippen LogP contribution is 2.25. The van der Waals surface area contributed by atoms with Crippen molar-refractivity contribution in [2.24, 2.45) is 0 Å². The van der Waals surface area contributed by atoms with Crippen molar-refractivity contribution in [2.75, 3.05) is 13.7 Å². The van der Waals surface area contributed by atoms with E-state index in [2.05, 4.69) is 15.0 Å². The Hall–Kier alpha value is -2.03. The summed E-state index contributed by atoms with van der Waals surface area (Å²) in [6.07, 6.45) is 2.89. The van der Waals surface area contributed by atoms with Gasteiger partial charge in [-0.3, -0.25) is 0 Å². The number of rotatable bonds is 4. The van der Waals surface area contributed by atoms with Crippen LogP contribution in [-0.2, 0) is 14.8 Å². The molecule has 1 aliphatic rings. The molecule has 2 heterocycles. The van der Waals surface area contributed by atoms with E-state index in [0.717, 1.165) is 19.4 Å². The Balaban J connectivity index is 2.01. The maximum absolute atomic E-state index is 12.9. The molecule has 1 aromatic heterocycles. The van der Waals surface area contributed by atoms with Gasteiger partial charge in [0, 0.05) is 29.1 Å². The fourth-order valence-corrected chi connectivity index (χ4v) is 4.70. The van der Waals surface area contributed by atoms with Gasteiger partial charge in [-0.15, -0.1) is 0 Å². The summed E-state index contributed by atoms with van der Waals surface area (Å²) in [4.78, 5) is 16.1. The van der Waals surface area contributed by atoms with Crippen LogP contribution in [0.5, 0.6) is 0 Å². The van der Waals surface area contributed by atoms with Crippen LogP contribution in [0, 0.1) is 0 Å². The molecule has 25 heavy (non-hydrogen) atoms. The summed E-state index contributed by atoms with van der Waals surface area (Å²) in [7, 11) is -2.45. The highest BCUT2D eigenvalue weighted by atomic mass is 32.2. The first kappa shape index (κ1) is 17.8. The van der Waals surface area contributed by atoms with E-state index in [1.54, 1.807) is 18.2 Å². The van der Waals surface area contributed by atoms with Crippen molar-refractivity contribution in [2.45, 2.75) is 36.7 Å². The average molecular weight is 363 g/mol. The normalized spacial score (nSPS) is 21.2. The van der Waals surface area contributed by atoms with Gasteiger partial charge in [-0.05, 0) is 38.4 Å². The molecule has 1 fully saturated rings. The number of benzene rings is 1. The van der Waals surface area contributed by atoms with E-state index in [9.17, 15) is 13.2 Å². The highest BCUT2D eigenvalue weighted by molar-refractivity contribution is 7.89. The predicted molar refractivity (Wildman–Crippen MR) is 93.9 cm³/mol. The topological polar surface area (TPSA) is 97.4 Å². The monoisotopic (exact) mass is 363 g/mol. The number of hydrogen-bond donors (Lipinski definition) is 2. The summed E-state index contributed by atoms with van der Waals surface area (Å²) < 4.78 is 33.3. The van der Waals surface area contributed by atoms with Gasteiger partial charge in [-0.2, -0.15) is 0 Å². The van der Waals surface area contributed by atoms with E-state index >= 15 is 0 Å². The quantitative estimate of drug-likeness (QED) is 0.798. The third-order valence-electron chi connectivity index (χ3n) is 4.38. The smallest absolute Gasteiger partial charge is 0.357 e. The minimum absolute atomic E-state index is 0.104. The molecule has 0 saturated carbocycles. The molecule has 0 amide bonds. The van der Waals surface area contributed by atoms with Gasteiger partial charge in [-0.1, -0.05) is 12.1 Å². The van der Waals surface area contributed by atoms with E-state index in [-0.39, 0.29) is 22.7 Å². The lowest BCUT2D eigenvalue weighted by Crippen LogP contribution is -2.46. The summed E-state index contributed by atoms with van der Waals surface area (Å²) in [6.45, 7) is 2.81. The molecule has 0 bridgehead atoms. The Morgan fingerprint density at radius 3 is 2.84 bits per heavy atom. The summed E-state index contributed by atoms with van der Waals surface area (Å²) in [5, 5.41) is 4.20. The maximum Gasteiger partial charge on any atom is 0.357 e. The Bertz CT molecular complexity index is 898. The Morgan fingerprint density at radius 1 is 1.32 bits per heavy atom. The van der Waals surface area contributed by atoms with Gasteiger partial charge in [0.25, 0.3) is 0 Å². The van der Waals surface area contributed by atoms with Crippen LogP contribution in [0.25, 0.3) is 10.8 Å². The number of nitrogens with one attached hydrogen (secondary N) is 2. The highest BCUT2D eigenvalue weighted by Gasteiger charge is 2.26. The van der Waals surface area contributed by atoms with Crippen molar-refractivity contribution in [1.82, 2.24) is 15.0 Å². The van der Waals surface area contributed by atoms with E-state index < -0.39 is 16.0 Å². The second kappa shape index (κ2) is 7.07. The number of aromatic nitrogens is 1. The van der Waals surface area contributed by atoms with Crippen molar-refractivity contribution < 1.29 is 17.9 Å². The largest absolute Gasteiger partial charge is 0.464 e. The fraction of sp³-hybridized carbons (Fsp3) is 0.412. The van der Waals surface area contributed by atoms with Crippen LogP contribution in [0.15, 0.2) is 35.4 Å². The van der Waals surface area contributed by atoms with Gasteiger partial charge in [0.15, 0.2) is 5.69 Å². The number of pyridine rings is 1. The molecule has 2 aromatic rings. The van der Waals surface area contributed by atoms with Crippen molar-refractivity contribution >= 4 is 26.8 Å². The SMILES string of the molecule is COC(=O)c1nccc2c(S(=O)(=O)NC3CCNC(C)C3)cccc12. The third-order valence-corrected chi connectivity index (χ3v) is 5.96. The Morgan fingerprint density at radius 2 is 2.12 bits per heavy atom. The number of methoxy groups -OCH3 is 1. The summed E-state index contributed by atoms with van der Waals surface area (Å²) in [5.41, 5.74) is 0.104. The lowest BCUT2D eigenvalue weighted by Gasteiger charge is -2.28. The summed E-state index contributed by atoms with van der Waals surface area (Å²) in [6, 6.07) is 6.57. The molecule has 3 rings (SSSR count). The van der Waals surface area contributed by atoms with Crippen LogP contribution in [0.4, 0.5) is 0 Å². The first-order chi connectivity index (χ1) is 11.9. The van der Waals surface area contributed by atoms with Gasteiger partial charge < -0.3 is 10.1 Å². The zero-order valence-electron chi connectivity index (χ0n) is 14.2. The number of fused-ring (bicyclic) bond motifs is 1. The van der Waals surface area contributed by atoms with Gasteiger partial charge in [0.2, 0.25) is 10.0 Å². The van der Waals surface area contributed by atoms with E-state index in [1.807, 2.05) is 6.92 Å². The number of ether oxygens (including phenoxy) is 1. The van der Waals surface area contributed by atoms with Crippen molar-refractivity contribution in [3.63, 3.8) is 0 Å². The Labute approximate surface area is 146 Å². The van der Waals surface area contributed by atoms with Crippen molar-refractivity contribution in [1.29, 1.82) is 0 Å². The molecular weight excluding hydrogens is 342 g/mol.